The molecule has 2 rings (SSSR count). The molecule has 2 atom stereocenters. The topological polar surface area (TPSA) is 134 Å². The quantitative estimate of drug-likeness (QED) is 0.446. The maximum absolute atomic E-state index is 12.7. The van der Waals surface area contributed by atoms with E-state index in [1.807, 2.05) is 6.07 Å². The normalized spacial score (nSPS) is 12.3. The summed E-state index contributed by atoms with van der Waals surface area (Å²) >= 11 is 0. The molecule has 0 aromatic heterocycles. The van der Waals surface area contributed by atoms with Gasteiger partial charge in [0.25, 0.3) is 0 Å². The zero-order valence-electron chi connectivity index (χ0n) is 16.4. The third kappa shape index (κ3) is 7.10. The molecule has 2 aromatic rings. The number of alkyl carbamates (subject to hydrolysis) is 1. The molecule has 0 radical (unpaired) electrons. The summed E-state index contributed by atoms with van der Waals surface area (Å²) in [5.41, 5.74) is 1.42. The number of benzene rings is 2. The van der Waals surface area contributed by atoms with Gasteiger partial charge < -0.3 is 30.3 Å². The van der Waals surface area contributed by atoms with Gasteiger partial charge in [-0.05, 0) is 23.3 Å². The summed E-state index contributed by atoms with van der Waals surface area (Å²) in [6.45, 7) is -0.648. The zero-order chi connectivity index (χ0) is 21.9. The van der Waals surface area contributed by atoms with Gasteiger partial charge in [-0.3, -0.25) is 4.79 Å². The van der Waals surface area contributed by atoms with Gasteiger partial charge in [-0.15, -0.1) is 0 Å². The number of esters is 1. The van der Waals surface area contributed by atoms with Crippen LogP contribution < -0.4 is 10.6 Å². The highest BCUT2D eigenvalue weighted by molar-refractivity contribution is 5.89. The van der Waals surface area contributed by atoms with Crippen molar-refractivity contribution < 1.29 is 34.1 Å². The number of carbonyl (C=O) groups excluding carboxylic acids is 3. The summed E-state index contributed by atoms with van der Waals surface area (Å²) in [6.07, 6.45) is -0.761. The fourth-order valence-electron chi connectivity index (χ4n) is 2.58. The van der Waals surface area contributed by atoms with Gasteiger partial charge in [0.2, 0.25) is 5.91 Å². The van der Waals surface area contributed by atoms with Crippen LogP contribution in [0.3, 0.4) is 0 Å². The Morgan fingerprint density at radius 1 is 0.933 bits per heavy atom. The van der Waals surface area contributed by atoms with Crippen LogP contribution >= 0.6 is 0 Å². The van der Waals surface area contributed by atoms with Crippen LogP contribution in [0.4, 0.5) is 4.79 Å². The highest BCUT2D eigenvalue weighted by atomic mass is 16.5. The third-order valence-corrected chi connectivity index (χ3v) is 4.18. The van der Waals surface area contributed by atoms with Crippen LogP contribution in [0.2, 0.25) is 0 Å². The van der Waals surface area contributed by atoms with Gasteiger partial charge in [0.1, 0.15) is 18.4 Å². The molecular formula is C21H24N2O7. The lowest BCUT2D eigenvalue weighted by molar-refractivity contribution is -0.146. The summed E-state index contributed by atoms with van der Waals surface area (Å²) < 4.78 is 9.68. The SMILES string of the molecule is COC(=O)C(CO)NC(=O)C(Cc1ccc(O)cc1)NC(=O)OCc1ccccc1. The molecule has 9 heteroatoms. The number of aromatic hydroxyl groups is 1. The first kappa shape index (κ1) is 22.7. The Morgan fingerprint density at radius 3 is 2.20 bits per heavy atom. The minimum atomic E-state index is -1.27. The van der Waals surface area contributed by atoms with E-state index in [1.165, 1.54) is 12.1 Å². The smallest absolute Gasteiger partial charge is 0.408 e. The van der Waals surface area contributed by atoms with E-state index in [0.717, 1.165) is 12.7 Å². The highest BCUT2D eigenvalue weighted by Crippen LogP contribution is 2.12. The molecule has 0 heterocycles. The minimum absolute atomic E-state index is 0.0155. The van der Waals surface area contributed by atoms with Crippen LogP contribution in [-0.4, -0.2) is 54.0 Å². The Kier molecular flexibility index (Phi) is 8.64. The molecule has 2 unspecified atom stereocenters. The molecule has 0 aliphatic heterocycles. The van der Waals surface area contributed by atoms with E-state index >= 15 is 0 Å². The summed E-state index contributed by atoms with van der Waals surface area (Å²) in [6, 6.07) is 12.7. The number of hydrogen-bond donors (Lipinski definition) is 4. The van der Waals surface area contributed by atoms with Crippen LogP contribution in [0.5, 0.6) is 5.75 Å². The average molecular weight is 416 g/mol. The van der Waals surface area contributed by atoms with Gasteiger partial charge in [-0.2, -0.15) is 0 Å². The number of methoxy groups -OCH3 is 1. The molecule has 2 aromatic carbocycles. The molecular weight excluding hydrogens is 392 g/mol. The largest absolute Gasteiger partial charge is 0.508 e. The van der Waals surface area contributed by atoms with E-state index in [0.29, 0.717) is 5.56 Å². The average Bonchev–Trinajstić information content (AvgIpc) is 2.77. The van der Waals surface area contributed by atoms with Gasteiger partial charge in [-0.1, -0.05) is 42.5 Å². The van der Waals surface area contributed by atoms with Crippen molar-refractivity contribution in [1.82, 2.24) is 10.6 Å². The van der Waals surface area contributed by atoms with Crippen LogP contribution in [0.1, 0.15) is 11.1 Å². The molecule has 0 saturated heterocycles. The third-order valence-electron chi connectivity index (χ3n) is 4.18. The second-order valence-electron chi connectivity index (χ2n) is 6.40. The maximum atomic E-state index is 12.7. The molecule has 0 saturated carbocycles. The lowest BCUT2D eigenvalue weighted by Gasteiger charge is -2.21. The first-order chi connectivity index (χ1) is 14.4. The van der Waals surface area contributed by atoms with Crippen molar-refractivity contribution in [2.45, 2.75) is 25.1 Å². The van der Waals surface area contributed by atoms with Crippen LogP contribution in [-0.2, 0) is 32.1 Å². The standard InChI is InChI=1S/C21H24N2O7/c1-29-20(27)18(12-24)22-19(26)17(11-14-7-9-16(25)10-8-14)23-21(28)30-13-15-5-3-2-4-6-15/h2-10,17-18,24-25H,11-13H2,1H3,(H,22,26)(H,23,28). The summed E-state index contributed by atoms with van der Waals surface area (Å²) in [4.78, 5) is 36.5. The molecule has 0 aliphatic carbocycles. The van der Waals surface area contributed by atoms with Crippen molar-refractivity contribution in [3.8, 4) is 5.75 Å². The fraction of sp³-hybridized carbons (Fsp3) is 0.286. The van der Waals surface area contributed by atoms with E-state index in [9.17, 15) is 24.6 Å². The van der Waals surface area contributed by atoms with Crippen molar-refractivity contribution in [1.29, 1.82) is 0 Å². The van der Waals surface area contributed by atoms with Crippen molar-refractivity contribution in [2.75, 3.05) is 13.7 Å². The van der Waals surface area contributed by atoms with E-state index in [1.54, 1.807) is 36.4 Å². The molecule has 2 amide bonds. The van der Waals surface area contributed by atoms with Crippen molar-refractivity contribution in [3.63, 3.8) is 0 Å². The number of rotatable bonds is 9. The molecule has 4 N–H and O–H groups in total. The lowest BCUT2D eigenvalue weighted by Crippen LogP contribution is -2.53. The number of phenols is 1. The Labute approximate surface area is 173 Å². The predicted molar refractivity (Wildman–Crippen MR) is 106 cm³/mol. The number of carbonyl (C=O) groups is 3. The Bertz CT molecular complexity index is 840. The van der Waals surface area contributed by atoms with Gasteiger partial charge >= 0.3 is 12.1 Å². The maximum Gasteiger partial charge on any atom is 0.408 e. The highest BCUT2D eigenvalue weighted by Gasteiger charge is 2.27. The van der Waals surface area contributed by atoms with E-state index in [2.05, 4.69) is 15.4 Å². The Hall–Kier alpha value is -3.59. The monoisotopic (exact) mass is 416 g/mol. The second-order valence-corrected chi connectivity index (χ2v) is 6.40. The van der Waals surface area contributed by atoms with E-state index in [4.69, 9.17) is 4.74 Å². The molecule has 9 nitrogen and oxygen atoms in total. The van der Waals surface area contributed by atoms with E-state index in [-0.39, 0.29) is 18.8 Å². The van der Waals surface area contributed by atoms with E-state index < -0.39 is 36.7 Å². The van der Waals surface area contributed by atoms with Crippen molar-refractivity contribution in [2.24, 2.45) is 0 Å². The minimum Gasteiger partial charge on any atom is -0.508 e. The molecule has 30 heavy (non-hydrogen) atoms. The summed E-state index contributed by atoms with van der Waals surface area (Å²) in [5, 5.41) is 23.5. The molecule has 0 aliphatic rings. The molecule has 0 spiro atoms. The fourth-order valence-corrected chi connectivity index (χ4v) is 2.58. The zero-order valence-corrected chi connectivity index (χ0v) is 16.4. The number of ether oxygens (including phenoxy) is 2. The lowest BCUT2D eigenvalue weighted by atomic mass is 10.0. The summed E-state index contributed by atoms with van der Waals surface area (Å²) in [7, 11) is 1.13. The number of hydrogen-bond acceptors (Lipinski definition) is 7. The van der Waals surface area contributed by atoms with Gasteiger partial charge in [0.15, 0.2) is 6.04 Å². The van der Waals surface area contributed by atoms with Crippen LogP contribution in [0.15, 0.2) is 54.6 Å². The van der Waals surface area contributed by atoms with Gasteiger partial charge in [0.05, 0.1) is 13.7 Å². The number of amides is 2. The van der Waals surface area contributed by atoms with Crippen LogP contribution in [0, 0.1) is 0 Å². The number of aliphatic hydroxyl groups excluding tert-OH is 1. The first-order valence-electron chi connectivity index (χ1n) is 9.17. The summed E-state index contributed by atoms with van der Waals surface area (Å²) in [5.74, 6) is -1.47. The van der Waals surface area contributed by atoms with Crippen molar-refractivity contribution >= 4 is 18.0 Å². The number of nitrogens with one attached hydrogen (secondary N) is 2. The second kappa shape index (κ2) is 11.4. The first-order valence-corrected chi connectivity index (χ1v) is 9.17. The Balaban J connectivity index is 2.07. The molecule has 160 valence electrons. The predicted octanol–water partition coefficient (Wildman–Crippen LogP) is 0.880. The molecule has 0 fully saturated rings. The number of aliphatic hydroxyl groups is 1. The number of phenolic OH excluding ortho intramolecular Hbond substituents is 1. The van der Waals surface area contributed by atoms with Gasteiger partial charge in [0, 0.05) is 6.42 Å². The van der Waals surface area contributed by atoms with Crippen molar-refractivity contribution in [3.05, 3.63) is 65.7 Å². The van der Waals surface area contributed by atoms with Crippen LogP contribution in [0.25, 0.3) is 0 Å². The Morgan fingerprint density at radius 2 is 1.60 bits per heavy atom. The molecule has 0 bridgehead atoms. The van der Waals surface area contributed by atoms with Gasteiger partial charge in [-0.25, -0.2) is 9.59 Å².